The van der Waals surface area contributed by atoms with Crippen molar-refractivity contribution in [2.45, 2.75) is 20.4 Å². The van der Waals surface area contributed by atoms with Crippen LogP contribution in [-0.4, -0.2) is 30.7 Å². The van der Waals surface area contributed by atoms with Crippen LogP contribution in [0, 0.1) is 13.8 Å². The molecule has 0 unspecified atom stereocenters. The van der Waals surface area contributed by atoms with E-state index in [2.05, 4.69) is 20.7 Å². The lowest BCUT2D eigenvalue weighted by molar-refractivity contribution is -0.117. The van der Waals surface area contributed by atoms with E-state index in [1.807, 2.05) is 26.0 Å². The highest BCUT2D eigenvalue weighted by molar-refractivity contribution is 6.30. The van der Waals surface area contributed by atoms with Gasteiger partial charge >= 0.3 is 0 Å². The number of aromatic nitrogens is 5. The molecule has 0 fully saturated rings. The Morgan fingerprint density at radius 3 is 2.65 bits per heavy atom. The van der Waals surface area contributed by atoms with Crippen LogP contribution in [0.25, 0.3) is 5.69 Å². The number of nitrogens with one attached hydrogen (secondary N) is 1. The standard InChI is InChI=1S/C15H15ClN6O/c1-10-11(2)19-22(13-5-3-12(16)4-6-13)15(10)18-14(23)9-21-8-7-17-20-21/h3-8H,9H2,1-2H3,(H,18,23). The van der Waals surface area contributed by atoms with Crippen LogP contribution in [0.1, 0.15) is 11.3 Å². The molecule has 7 nitrogen and oxygen atoms in total. The van der Waals surface area contributed by atoms with Gasteiger partial charge < -0.3 is 5.32 Å². The number of anilines is 1. The Kier molecular flexibility index (Phi) is 4.12. The minimum atomic E-state index is -0.200. The summed E-state index contributed by atoms with van der Waals surface area (Å²) in [7, 11) is 0. The van der Waals surface area contributed by atoms with Crippen LogP contribution in [0.15, 0.2) is 36.7 Å². The summed E-state index contributed by atoms with van der Waals surface area (Å²) in [6.07, 6.45) is 3.16. The Morgan fingerprint density at radius 2 is 2.00 bits per heavy atom. The summed E-state index contributed by atoms with van der Waals surface area (Å²) in [6, 6.07) is 7.26. The predicted molar refractivity (Wildman–Crippen MR) is 86.7 cm³/mol. The van der Waals surface area contributed by atoms with E-state index in [-0.39, 0.29) is 12.5 Å². The third-order valence-electron chi connectivity index (χ3n) is 3.47. The van der Waals surface area contributed by atoms with Crippen molar-refractivity contribution in [3.63, 3.8) is 0 Å². The second kappa shape index (κ2) is 6.21. The van der Waals surface area contributed by atoms with Crippen LogP contribution in [0.3, 0.4) is 0 Å². The van der Waals surface area contributed by atoms with Crippen LogP contribution < -0.4 is 5.32 Å². The van der Waals surface area contributed by atoms with Crippen LogP contribution >= 0.6 is 11.6 Å². The van der Waals surface area contributed by atoms with Gasteiger partial charge in [-0.15, -0.1) is 5.10 Å². The molecule has 3 rings (SSSR count). The second-order valence-corrected chi connectivity index (χ2v) is 5.53. The quantitative estimate of drug-likeness (QED) is 0.796. The number of benzene rings is 1. The molecule has 0 aliphatic carbocycles. The van der Waals surface area contributed by atoms with Crippen molar-refractivity contribution in [1.29, 1.82) is 0 Å². The lowest BCUT2D eigenvalue weighted by Crippen LogP contribution is -2.21. The molecule has 1 aromatic carbocycles. The lowest BCUT2D eigenvalue weighted by Gasteiger charge is -2.10. The highest BCUT2D eigenvalue weighted by Crippen LogP contribution is 2.23. The van der Waals surface area contributed by atoms with Crippen molar-refractivity contribution in [1.82, 2.24) is 24.8 Å². The van der Waals surface area contributed by atoms with Crippen molar-refractivity contribution < 1.29 is 4.79 Å². The molecule has 0 saturated heterocycles. The van der Waals surface area contributed by atoms with Crippen molar-refractivity contribution >= 4 is 23.3 Å². The predicted octanol–water partition coefficient (Wildman–Crippen LogP) is 2.37. The molecule has 0 saturated carbocycles. The number of hydrogen-bond donors (Lipinski definition) is 1. The smallest absolute Gasteiger partial charge is 0.247 e. The monoisotopic (exact) mass is 330 g/mol. The normalized spacial score (nSPS) is 10.7. The van der Waals surface area contributed by atoms with Crippen molar-refractivity contribution in [2.75, 3.05) is 5.32 Å². The fourth-order valence-electron chi connectivity index (χ4n) is 2.16. The van der Waals surface area contributed by atoms with Gasteiger partial charge in [-0.3, -0.25) is 4.79 Å². The Balaban J connectivity index is 1.89. The van der Waals surface area contributed by atoms with Gasteiger partial charge in [-0.05, 0) is 38.1 Å². The molecule has 0 aliphatic rings. The van der Waals surface area contributed by atoms with Gasteiger partial charge in [0.2, 0.25) is 5.91 Å². The molecule has 0 aliphatic heterocycles. The number of nitrogens with zero attached hydrogens (tertiary/aromatic N) is 5. The molecular formula is C15H15ClN6O. The van der Waals surface area contributed by atoms with Crippen molar-refractivity contribution in [2.24, 2.45) is 0 Å². The van der Waals surface area contributed by atoms with E-state index in [0.717, 1.165) is 16.9 Å². The number of carbonyl (C=O) groups is 1. The zero-order valence-corrected chi connectivity index (χ0v) is 13.4. The van der Waals surface area contributed by atoms with Gasteiger partial charge in [-0.2, -0.15) is 5.10 Å². The van der Waals surface area contributed by atoms with E-state index in [4.69, 9.17) is 11.6 Å². The number of halogens is 1. The minimum Gasteiger partial charge on any atom is -0.309 e. The summed E-state index contributed by atoms with van der Waals surface area (Å²) < 4.78 is 3.15. The van der Waals surface area contributed by atoms with Crippen molar-refractivity contribution in [3.8, 4) is 5.69 Å². The molecule has 3 aromatic rings. The van der Waals surface area contributed by atoms with Gasteiger partial charge in [-0.25, -0.2) is 9.36 Å². The van der Waals surface area contributed by atoms with Gasteiger partial charge in [0.25, 0.3) is 0 Å². The molecular weight excluding hydrogens is 316 g/mol. The number of hydrogen-bond acceptors (Lipinski definition) is 4. The Labute approximate surface area is 137 Å². The number of carbonyl (C=O) groups excluding carboxylic acids is 1. The maximum atomic E-state index is 12.2. The van der Waals surface area contributed by atoms with Crippen LogP contribution in [0.4, 0.5) is 5.82 Å². The molecule has 0 spiro atoms. The molecule has 1 amide bonds. The molecule has 2 aromatic heterocycles. The summed E-state index contributed by atoms with van der Waals surface area (Å²) in [4.78, 5) is 12.2. The summed E-state index contributed by atoms with van der Waals surface area (Å²) in [6.45, 7) is 3.90. The molecule has 23 heavy (non-hydrogen) atoms. The first kappa shape index (κ1) is 15.2. The Bertz CT molecular complexity index is 823. The first-order valence-electron chi connectivity index (χ1n) is 7.00. The van der Waals surface area contributed by atoms with E-state index in [1.165, 1.54) is 10.9 Å². The van der Waals surface area contributed by atoms with Gasteiger partial charge in [0.1, 0.15) is 12.4 Å². The summed E-state index contributed by atoms with van der Waals surface area (Å²) in [5.41, 5.74) is 2.57. The highest BCUT2D eigenvalue weighted by Gasteiger charge is 2.16. The first-order chi connectivity index (χ1) is 11.0. The molecule has 0 bridgehead atoms. The molecule has 8 heteroatoms. The third kappa shape index (κ3) is 3.24. The molecule has 0 atom stereocenters. The number of rotatable bonds is 4. The Morgan fingerprint density at radius 1 is 1.26 bits per heavy atom. The van der Waals surface area contributed by atoms with Crippen LogP contribution in [0.2, 0.25) is 5.02 Å². The van der Waals surface area contributed by atoms with E-state index in [0.29, 0.717) is 10.8 Å². The minimum absolute atomic E-state index is 0.0876. The average molecular weight is 331 g/mol. The zero-order chi connectivity index (χ0) is 16.4. The summed E-state index contributed by atoms with van der Waals surface area (Å²) >= 11 is 5.92. The van der Waals surface area contributed by atoms with E-state index < -0.39 is 0 Å². The van der Waals surface area contributed by atoms with Crippen molar-refractivity contribution in [3.05, 3.63) is 52.9 Å². The topological polar surface area (TPSA) is 77.6 Å². The third-order valence-corrected chi connectivity index (χ3v) is 3.72. The van der Waals surface area contributed by atoms with Gasteiger partial charge in [-0.1, -0.05) is 16.8 Å². The molecule has 118 valence electrons. The Hall–Kier alpha value is -2.67. The van der Waals surface area contributed by atoms with E-state index in [9.17, 15) is 4.79 Å². The van der Waals surface area contributed by atoms with Gasteiger partial charge in [0.05, 0.1) is 17.6 Å². The molecule has 0 radical (unpaired) electrons. The number of aryl methyl sites for hydroxylation is 1. The summed E-state index contributed by atoms with van der Waals surface area (Å²) in [5.74, 6) is 0.434. The highest BCUT2D eigenvalue weighted by atomic mass is 35.5. The van der Waals surface area contributed by atoms with Crippen LogP contribution in [0.5, 0.6) is 0 Å². The average Bonchev–Trinajstić information content (AvgIpc) is 3.12. The summed E-state index contributed by atoms with van der Waals surface area (Å²) in [5, 5.41) is 15.5. The number of amides is 1. The first-order valence-corrected chi connectivity index (χ1v) is 7.38. The van der Waals surface area contributed by atoms with E-state index in [1.54, 1.807) is 23.0 Å². The maximum absolute atomic E-state index is 12.2. The lowest BCUT2D eigenvalue weighted by atomic mass is 10.2. The molecule has 2 heterocycles. The van der Waals surface area contributed by atoms with Gasteiger partial charge in [0.15, 0.2) is 0 Å². The van der Waals surface area contributed by atoms with Crippen LogP contribution in [-0.2, 0) is 11.3 Å². The fourth-order valence-corrected chi connectivity index (χ4v) is 2.28. The second-order valence-electron chi connectivity index (χ2n) is 5.10. The van der Waals surface area contributed by atoms with E-state index >= 15 is 0 Å². The zero-order valence-electron chi connectivity index (χ0n) is 12.7. The van der Waals surface area contributed by atoms with Gasteiger partial charge in [0, 0.05) is 16.8 Å². The fraction of sp³-hybridized carbons (Fsp3) is 0.200. The maximum Gasteiger partial charge on any atom is 0.247 e. The molecule has 1 N–H and O–H groups in total. The largest absolute Gasteiger partial charge is 0.309 e. The SMILES string of the molecule is Cc1nn(-c2ccc(Cl)cc2)c(NC(=O)Cn2ccnn2)c1C.